The van der Waals surface area contributed by atoms with Crippen LogP contribution in [0.2, 0.25) is 0 Å². The van der Waals surface area contributed by atoms with Gasteiger partial charge in [0.15, 0.2) is 6.10 Å². The van der Waals surface area contributed by atoms with Crippen molar-refractivity contribution < 1.29 is 23.8 Å². The zero-order valence-electron chi connectivity index (χ0n) is 9.70. The van der Waals surface area contributed by atoms with Crippen LogP contribution >= 0.6 is 0 Å². The Morgan fingerprint density at radius 3 is 2.61 bits per heavy atom. The van der Waals surface area contributed by atoms with E-state index in [9.17, 15) is 9.90 Å². The smallest absolute Gasteiger partial charge is 0.354 e. The molecule has 0 bridgehead atoms. The maximum atomic E-state index is 11.6. The van der Waals surface area contributed by atoms with Gasteiger partial charge in [0.25, 0.3) is 0 Å². The maximum absolute atomic E-state index is 11.6. The Hall–Kier alpha value is -2.43. The summed E-state index contributed by atoms with van der Waals surface area (Å²) in [7, 11) is 0. The molecule has 1 aromatic carbocycles. The fraction of sp³-hybridized carbons (Fsp3) is 0.154. The SMILES string of the molecule is CC(Oc1ccccc1)C(=O)Oc1occc1O. The lowest BCUT2D eigenvalue weighted by Gasteiger charge is -2.12. The monoisotopic (exact) mass is 248 g/mol. The molecule has 5 heteroatoms. The standard InChI is InChI=1S/C13H12O5/c1-9(17-10-5-3-2-4-6-10)12(15)18-13-11(14)7-8-16-13/h2-9,14H,1H3. The van der Waals surface area contributed by atoms with Gasteiger partial charge < -0.3 is 19.0 Å². The number of hydrogen-bond acceptors (Lipinski definition) is 5. The van der Waals surface area contributed by atoms with Crippen LogP contribution < -0.4 is 9.47 Å². The molecule has 0 aliphatic rings. The van der Waals surface area contributed by atoms with Crippen LogP contribution in [0.5, 0.6) is 17.4 Å². The lowest BCUT2D eigenvalue weighted by Crippen LogP contribution is -2.28. The molecule has 2 rings (SSSR count). The quantitative estimate of drug-likeness (QED) is 0.841. The molecule has 0 aliphatic heterocycles. The van der Waals surface area contributed by atoms with Gasteiger partial charge in [0, 0.05) is 6.07 Å². The van der Waals surface area contributed by atoms with Crippen molar-refractivity contribution in [3.05, 3.63) is 42.7 Å². The van der Waals surface area contributed by atoms with Crippen LogP contribution in [-0.2, 0) is 4.79 Å². The number of ether oxygens (including phenoxy) is 2. The van der Waals surface area contributed by atoms with Crippen molar-refractivity contribution in [2.45, 2.75) is 13.0 Å². The predicted molar refractivity (Wildman–Crippen MR) is 62.5 cm³/mol. The van der Waals surface area contributed by atoms with E-state index in [0.29, 0.717) is 5.75 Å². The molecule has 1 atom stereocenters. The van der Waals surface area contributed by atoms with E-state index in [0.717, 1.165) is 0 Å². The van der Waals surface area contributed by atoms with Gasteiger partial charge in [0.1, 0.15) is 5.75 Å². The van der Waals surface area contributed by atoms with E-state index in [2.05, 4.69) is 0 Å². The van der Waals surface area contributed by atoms with E-state index in [1.807, 2.05) is 6.07 Å². The summed E-state index contributed by atoms with van der Waals surface area (Å²) in [6, 6.07) is 10.2. The maximum Gasteiger partial charge on any atom is 0.354 e. The number of furan rings is 1. The molecule has 18 heavy (non-hydrogen) atoms. The number of esters is 1. The molecule has 0 saturated heterocycles. The lowest BCUT2D eigenvalue weighted by atomic mass is 10.3. The molecule has 0 spiro atoms. The summed E-state index contributed by atoms with van der Waals surface area (Å²) in [6.45, 7) is 1.55. The van der Waals surface area contributed by atoms with Crippen molar-refractivity contribution in [1.82, 2.24) is 0 Å². The van der Waals surface area contributed by atoms with Crippen LogP contribution in [-0.4, -0.2) is 17.2 Å². The molecular weight excluding hydrogens is 236 g/mol. The minimum absolute atomic E-state index is 0.227. The van der Waals surface area contributed by atoms with Crippen LogP contribution in [0.3, 0.4) is 0 Å². The van der Waals surface area contributed by atoms with Gasteiger partial charge in [-0.2, -0.15) is 0 Å². The van der Waals surface area contributed by atoms with Crippen molar-refractivity contribution in [1.29, 1.82) is 0 Å². The normalized spacial score (nSPS) is 11.8. The Morgan fingerprint density at radius 2 is 2.00 bits per heavy atom. The molecular formula is C13H12O5. The Balaban J connectivity index is 1.95. The van der Waals surface area contributed by atoms with Crippen LogP contribution in [0.25, 0.3) is 0 Å². The summed E-state index contributed by atoms with van der Waals surface area (Å²) in [5.74, 6) is -0.548. The van der Waals surface area contributed by atoms with Crippen LogP contribution in [0, 0.1) is 0 Å². The number of rotatable bonds is 4. The molecule has 0 aliphatic carbocycles. The Kier molecular flexibility index (Phi) is 3.52. The molecule has 94 valence electrons. The number of hydrogen-bond donors (Lipinski definition) is 1. The Morgan fingerprint density at radius 1 is 1.28 bits per heavy atom. The summed E-state index contributed by atoms with van der Waals surface area (Å²) in [5, 5.41) is 9.26. The Bertz CT molecular complexity index is 517. The molecule has 0 saturated carbocycles. The first kappa shape index (κ1) is 12.0. The second-order valence-electron chi connectivity index (χ2n) is 3.59. The molecule has 5 nitrogen and oxygen atoms in total. The second-order valence-corrected chi connectivity index (χ2v) is 3.59. The molecule has 1 N–H and O–H groups in total. The third kappa shape index (κ3) is 2.82. The van der Waals surface area contributed by atoms with Crippen LogP contribution in [0.1, 0.15) is 6.92 Å². The van der Waals surface area contributed by atoms with Crippen molar-refractivity contribution in [3.8, 4) is 17.4 Å². The molecule has 0 radical (unpaired) electrons. The highest BCUT2D eigenvalue weighted by molar-refractivity contribution is 5.77. The molecule has 0 amide bonds. The van der Waals surface area contributed by atoms with Gasteiger partial charge in [-0.05, 0) is 19.1 Å². The first-order valence-corrected chi connectivity index (χ1v) is 5.36. The highest BCUT2D eigenvalue weighted by atomic mass is 16.6. The first-order valence-electron chi connectivity index (χ1n) is 5.36. The number of aromatic hydroxyl groups is 1. The fourth-order valence-electron chi connectivity index (χ4n) is 1.29. The minimum atomic E-state index is -0.808. The third-order valence-corrected chi connectivity index (χ3v) is 2.19. The van der Waals surface area contributed by atoms with Crippen LogP contribution in [0.15, 0.2) is 47.1 Å². The van der Waals surface area contributed by atoms with E-state index in [1.165, 1.54) is 12.3 Å². The third-order valence-electron chi connectivity index (χ3n) is 2.19. The minimum Gasteiger partial charge on any atom is -0.502 e. The molecule has 1 aromatic heterocycles. The molecule has 2 aromatic rings. The van der Waals surface area contributed by atoms with Gasteiger partial charge in [-0.25, -0.2) is 4.79 Å². The summed E-state index contributed by atoms with van der Waals surface area (Å²) in [5.41, 5.74) is 0. The molecule has 1 heterocycles. The van der Waals surface area contributed by atoms with Crippen molar-refractivity contribution >= 4 is 5.97 Å². The number of carbonyl (C=O) groups excluding carboxylic acids is 1. The zero-order valence-corrected chi connectivity index (χ0v) is 9.70. The second kappa shape index (κ2) is 5.27. The highest BCUT2D eigenvalue weighted by Crippen LogP contribution is 2.26. The van der Waals surface area contributed by atoms with E-state index < -0.39 is 12.1 Å². The Labute approximate surface area is 104 Å². The average molecular weight is 248 g/mol. The van der Waals surface area contributed by atoms with Gasteiger partial charge in [0.05, 0.1) is 6.26 Å². The average Bonchev–Trinajstić information content (AvgIpc) is 2.76. The first-order chi connectivity index (χ1) is 8.66. The summed E-state index contributed by atoms with van der Waals surface area (Å²) >= 11 is 0. The van der Waals surface area contributed by atoms with Gasteiger partial charge in [-0.3, -0.25) is 0 Å². The van der Waals surface area contributed by atoms with E-state index in [4.69, 9.17) is 13.9 Å². The van der Waals surface area contributed by atoms with E-state index in [1.54, 1.807) is 31.2 Å². The summed E-state index contributed by atoms with van der Waals surface area (Å²) in [4.78, 5) is 11.6. The molecule has 0 fully saturated rings. The van der Waals surface area contributed by atoms with Crippen LogP contribution in [0.4, 0.5) is 0 Å². The highest BCUT2D eigenvalue weighted by Gasteiger charge is 2.20. The number of benzene rings is 1. The van der Waals surface area contributed by atoms with Gasteiger partial charge in [0.2, 0.25) is 5.75 Å². The number of carbonyl (C=O) groups is 1. The molecule has 1 unspecified atom stereocenters. The van der Waals surface area contributed by atoms with E-state index in [-0.39, 0.29) is 11.7 Å². The fourth-order valence-corrected chi connectivity index (χ4v) is 1.29. The topological polar surface area (TPSA) is 68.9 Å². The van der Waals surface area contributed by atoms with Crippen molar-refractivity contribution in [2.75, 3.05) is 0 Å². The van der Waals surface area contributed by atoms with Crippen molar-refractivity contribution in [3.63, 3.8) is 0 Å². The lowest BCUT2D eigenvalue weighted by molar-refractivity contribution is -0.142. The largest absolute Gasteiger partial charge is 0.502 e. The number of para-hydroxylation sites is 1. The zero-order chi connectivity index (χ0) is 13.0. The van der Waals surface area contributed by atoms with Crippen molar-refractivity contribution in [2.24, 2.45) is 0 Å². The van der Waals surface area contributed by atoms with Gasteiger partial charge in [-0.15, -0.1) is 0 Å². The summed E-state index contributed by atoms with van der Waals surface area (Å²) in [6.07, 6.45) is 0.414. The summed E-state index contributed by atoms with van der Waals surface area (Å²) < 4.78 is 15.0. The predicted octanol–water partition coefficient (Wildman–Crippen LogP) is 2.36. The van der Waals surface area contributed by atoms with E-state index >= 15 is 0 Å². The van der Waals surface area contributed by atoms with Gasteiger partial charge >= 0.3 is 11.9 Å². The van der Waals surface area contributed by atoms with Gasteiger partial charge in [-0.1, -0.05) is 18.2 Å².